The number of rotatable bonds is 6. The summed E-state index contributed by atoms with van der Waals surface area (Å²) in [6, 6.07) is 2.32. The fourth-order valence-corrected chi connectivity index (χ4v) is 3.19. The molecule has 1 atom stereocenters. The molecule has 0 aromatic heterocycles. The first kappa shape index (κ1) is 16.3. The maximum Gasteiger partial charge on any atom is 0.231 e. The van der Waals surface area contributed by atoms with Gasteiger partial charge in [0.05, 0.1) is 11.8 Å². The average Bonchev–Trinajstić information content (AvgIpc) is 2.64. The van der Waals surface area contributed by atoms with E-state index in [1.54, 1.807) is 0 Å². The van der Waals surface area contributed by atoms with Gasteiger partial charge in [-0.25, -0.2) is 0 Å². The number of nitriles is 1. The molecule has 0 aromatic carbocycles. The molecule has 1 aliphatic carbocycles. The van der Waals surface area contributed by atoms with E-state index >= 15 is 0 Å². The molecule has 19 heavy (non-hydrogen) atoms. The predicted octanol–water partition coefficient (Wildman–Crippen LogP) is 2.08. The lowest BCUT2D eigenvalue weighted by Gasteiger charge is -2.26. The van der Waals surface area contributed by atoms with E-state index in [9.17, 15) is 10.1 Å². The van der Waals surface area contributed by atoms with Gasteiger partial charge in [-0.15, -0.1) is 0 Å². The SMILES string of the molecule is CC(CO)CSCC(=O)NC1(C#N)CCCCCC1. The molecule has 1 rings (SSSR count). The lowest BCUT2D eigenvalue weighted by atomic mass is 9.92. The van der Waals surface area contributed by atoms with E-state index in [0.29, 0.717) is 5.75 Å². The number of nitrogens with zero attached hydrogens (tertiary/aromatic N) is 1. The number of aliphatic hydroxyl groups excluding tert-OH is 1. The Labute approximate surface area is 119 Å². The maximum atomic E-state index is 11.9. The molecule has 0 radical (unpaired) electrons. The number of nitrogens with one attached hydrogen (secondary N) is 1. The highest BCUT2D eigenvalue weighted by Gasteiger charge is 2.32. The lowest BCUT2D eigenvalue weighted by Crippen LogP contribution is -2.47. The Hall–Kier alpha value is -0.730. The normalized spacial score (nSPS) is 20.1. The molecule has 1 fully saturated rings. The van der Waals surface area contributed by atoms with Gasteiger partial charge >= 0.3 is 0 Å². The largest absolute Gasteiger partial charge is 0.396 e. The second kappa shape index (κ2) is 8.44. The molecule has 2 N–H and O–H groups in total. The van der Waals surface area contributed by atoms with Crippen molar-refractivity contribution < 1.29 is 9.90 Å². The summed E-state index contributed by atoms with van der Waals surface area (Å²) in [6.07, 6.45) is 5.88. The number of hydrogen-bond donors (Lipinski definition) is 2. The molecule has 0 saturated heterocycles. The monoisotopic (exact) mass is 284 g/mol. The Morgan fingerprint density at radius 2 is 2.05 bits per heavy atom. The molecule has 1 saturated carbocycles. The molecule has 5 heteroatoms. The van der Waals surface area contributed by atoms with E-state index in [2.05, 4.69) is 11.4 Å². The minimum Gasteiger partial charge on any atom is -0.396 e. The second-order valence-corrected chi connectivity index (χ2v) is 6.49. The molecular formula is C14H24N2O2S. The standard InChI is InChI=1S/C14H24N2O2S/c1-12(8-17)9-19-10-13(18)16-14(11-15)6-4-2-3-5-7-14/h12,17H,2-10H2,1H3,(H,16,18). The Balaban J connectivity index is 2.38. The number of aliphatic hydroxyl groups is 1. The van der Waals surface area contributed by atoms with Crippen LogP contribution in [-0.4, -0.2) is 34.7 Å². The molecule has 108 valence electrons. The van der Waals surface area contributed by atoms with Gasteiger partial charge in [-0.2, -0.15) is 17.0 Å². The molecular weight excluding hydrogens is 260 g/mol. The van der Waals surface area contributed by atoms with Gasteiger partial charge in [0, 0.05) is 6.61 Å². The first-order valence-corrected chi connectivity index (χ1v) is 8.18. The Morgan fingerprint density at radius 3 is 2.58 bits per heavy atom. The summed E-state index contributed by atoms with van der Waals surface area (Å²) in [5, 5.41) is 21.2. The molecule has 0 aromatic rings. The molecule has 0 spiro atoms. The third-order valence-electron chi connectivity index (χ3n) is 3.50. The Morgan fingerprint density at radius 1 is 1.42 bits per heavy atom. The summed E-state index contributed by atoms with van der Waals surface area (Å²) >= 11 is 1.52. The van der Waals surface area contributed by atoms with Crippen LogP contribution in [0.4, 0.5) is 0 Å². The minimum atomic E-state index is -0.642. The first-order valence-electron chi connectivity index (χ1n) is 7.03. The summed E-state index contributed by atoms with van der Waals surface area (Å²) in [4.78, 5) is 11.9. The van der Waals surface area contributed by atoms with Crippen LogP contribution in [0.1, 0.15) is 45.4 Å². The van der Waals surface area contributed by atoms with E-state index < -0.39 is 5.54 Å². The molecule has 0 bridgehead atoms. The Bertz CT molecular complexity index is 320. The van der Waals surface area contributed by atoms with Crippen molar-refractivity contribution in [3.63, 3.8) is 0 Å². The van der Waals surface area contributed by atoms with E-state index in [1.165, 1.54) is 11.8 Å². The molecule has 1 amide bonds. The highest BCUT2D eigenvalue weighted by molar-refractivity contribution is 7.99. The van der Waals surface area contributed by atoms with Gasteiger partial charge in [0.1, 0.15) is 5.54 Å². The van der Waals surface area contributed by atoms with Crippen molar-refractivity contribution >= 4 is 17.7 Å². The summed E-state index contributed by atoms with van der Waals surface area (Å²) in [5.41, 5.74) is -0.642. The average molecular weight is 284 g/mol. The van der Waals surface area contributed by atoms with Gasteiger partial charge in [-0.1, -0.05) is 32.6 Å². The van der Waals surface area contributed by atoms with Crippen LogP contribution in [0.3, 0.4) is 0 Å². The van der Waals surface area contributed by atoms with Crippen molar-refractivity contribution in [2.75, 3.05) is 18.1 Å². The van der Waals surface area contributed by atoms with E-state index in [-0.39, 0.29) is 18.4 Å². The third kappa shape index (κ3) is 5.84. The maximum absolute atomic E-state index is 11.9. The minimum absolute atomic E-state index is 0.0569. The number of thioether (sulfide) groups is 1. The van der Waals surface area contributed by atoms with Crippen molar-refractivity contribution in [2.45, 2.75) is 51.0 Å². The summed E-state index contributed by atoms with van der Waals surface area (Å²) in [6.45, 7) is 2.10. The van der Waals surface area contributed by atoms with E-state index in [0.717, 1.165) is 44.3 Å². The smallest absolute Gasteiger partial charge is 0.231 e. The van der Waals surface area contributed by atoms with Crippen LogP contribution in [0, 0.1) is 17.2 Å². The number of carbonyl (C=O) groups is 1. The van der Waals surface area contributed by atoms with Crippen molar-refractivity contribution in [2.24, 2.45) is 5.92 Å². The predicted molar refractivity (Wildman–Crippen MR) is 77.8 cm³/mol. The summed E-state index contributed by atoms with van der Waals surface area (Å²) < 4.78 is 0. The zero-order chi connectivity index (χ0) is 14.1. The molecule has 1 aliphatic rings. The quantitative estimate of drug-likeness (QED) is 0.732. The first-order chi connectivity index (χ1) is 9.12. The highest BCUT2D eigenvalue weighted by Crippen LogP contribution is 2.26. The van der Waals surface area contributed by atoms with Crippen LogP contribution in [0.2, 0.25) is 0 Å². The highest BCUT2D eigenvalue weighted by atomic mass is 32.2. The van der Waals surface area contributed by atoms with Crippen LogP contribution in [-0.2, 0) is 4.79 Å². The van der Waals surface area contributed by atoms with E-state index in [4.69, 9.17) is 5.11 Å². The summed E-state index contributed by atoms with van der Waals surface area (Å²) in [5.74, 6) is 1.29. The fraction of sp³-hybridized carbons (Fsp3) is 0.857. The topological polar surface area (TPSA) is 73.1 Å². The van der Waals surface area contributed by atoms with Crippen LogP contribution in [0.15, 0.2) is 0 Å². The zero-order valence-electron chi connectivity index (χ0n) is 11.7. The van der Waals surface area contributed by atoms with Gasteiger partial charge in [-0.05, 0) is 24.5 Å². The van der Waals surface area contributed by atoms with Crippen molar-refractivity contribution in [1.29, 1.82) is 5.26 Å². The van der Waals surface area contributed by atoms with Gasteiger partial charge in [0.2, 0.25) is 5.91 Å². The second-order valence-electron chi connectivity index (χ2n) is 5.46. The van der Waals surface area contributed by atoms with Crippen LogP contribution in [0.25, 0.3) is 0 Å². The third-order valence-corrected chi connectivity index (χ3v) is 4.77. The molecule has 0 heterocycles. The van der Waals surface area contributed by atoms with Crippen molar-refractivity contribution in [1.82, 2.24) is 5.32 Å². The Kier molecular flexibility index (Phi) is 7.25. The van der Waals surface area contributed by atoms with Crippen molar-refractivity contribution in [3.8, 4) is 6.07 Å². The van der Waals surface area contributed by atoms with Crippen LogP contribution < -0.4 is 5.32 Å². The van der Waals surface area contributed by atoms with E-state index in [1.807, 2.05) is 6.92 Å². The molecule has 0 aliphatic heterocycles. The van der Waals surface area contributed by atoms with Gasteiger partial charge in [-0.3, -0.25) is 4.79 Å². The lowest BCUT2D eigenvalue weighted by molar-refractivity contribution is -0.120. The van der Waals surface area contributed by atoms with Gasteiger partial charge in [0.25, 0.3) is 0 Å². The van der Waals surface area contributed by atoms with Crippen LogP contribution in [0.5, 0.6) is 0 Å². The number of hydrogen-bond acceptors (Lipinski definition) is 4. The zero-order valence-corrected chi connectivity index (χ0v) is 12.5. The number of carbonyl (C=O) groups excluding carboxylic acids is 1. The molecule has 1 unspecified atom stereocenters. The van der Waals surface area contributed by atoms with Gasteiger partial charge in [0.15, 0.2) is 0 Å². The van der Waals surface area contributed by atoms with Gasteiger partial charge < -0.3 is 10.4 Å². The van der Waals surface area contributed by atoms with Crippen molar-refractivity contribution in [3.05, 3.63) is 0 Å². The number of amides is 1. The molecule has 4 nitrogen and oxygen atoms in total. The van der Waals surface area contributed by atoms with Crippen LogP contribution >= 0.6 is 11.8 Å². The fourth-order valence-electron chi connectivity index (χ4n) is 2.31. The summed E-state index contributed by atoms with van der Waals surface area (Å²) in [7, 11) is 0.